The molecule has 2 aliphatic heterocycles. The fourth-order valence-electron chi connectivity index (χ4n) is 5.66. The molecule has 10 heteroatoms. The first-order chi connectivity index (χ1) is 21.5. The lowest BCUT2D eigenvalue weighted by Gasteiger charge is -2.46. The van der Waals surface area contributed by atoms with Gasteiger partial charge in [0, 0.05) is 38.3 Å². The molecule has 2 heterocycles. The monoisotopic (exact) mass is 592 g/mol. The molecule has 1 saturated heterocycles. The van der Waals surface area contributed by atoms with Gasteiger partial charge >= 0.3 is 0 Å². The molecule has 0 spiro atoms. The molecule has 1 atom stereocenters. The number of anilines is 1. The van der Waals surface area contributed by atoms with Crippen LogP contribution >= 0.6 is 0 Å². The molecule has 4 aromatic carbocycles. The number of hydrogen-bond donors (Lipinski definition) is 0. The summed E-state index contributed by atoms with van der Waals surface area (Å²) in [5, 5.41) is 11.7. The molecule has 0 unspecified atom stereocenters. The number of non-ortho nitro benzene ring substituents is 1. The first kappa shape index (κ1) is 28.9. The van der Waals surface area contributed by atoms with E-state index in [0.29, 0.717) is 50.8 Å². The van der Waals surface area contributed by atoms with E-state index in [-0.39, 0.29) is 29.7 Å². The molecule has 0 saturated carbocycles. The van der Waals surface area contributed by atoms with Gasteiger partial charge in [0.1, 0.15) is 11.9 Å². The predicted octanol–water partition coefficient (Wildman–Crippen LogP) is 5.19. The van der Waals surface area contributed by atoms with Gasteiger partial charge in [0.25, 0.3) is 17.5 Å². The van der Waals surface area contributed by atoms with Crippen molar-refractivity contribution in [2.24, 2.45) is 0 Å². The van der Waals surface area contributed by atoms with E-state index in [9.17, 15) is 19.7 Å². The van der Waals surface area contributed by atoms with E-state index in [2.05, 4.69) is 4.90 Å². The Hall–Kier alpha value is -5.22. The number of benzene rings is 4. The van der Waals surface area contributed by atoms with Gasteiger partial charge in [0.05, 0.1) is 29.4 Å². The Bertz CT molecular complexity index is 1630. The summed E-state index contributed by atoms with van der Waals surface area (Å²) in [6, 6.07) is 31.5. The van der Waals surface area contributed by atoms with Crippen LogP contribution in [0.25, 0.3) is 0 Å². The van der Waals surface area contributed by atoms with Crippen molar-refractivity contribution < 1.29 is 24.0 Å². The third-order valence-corrected chi connectivity index (χ3v) is 7.88. The van der Waals surface area contributed by atoms with Gasteiger partial charge in [-0.25, -0.2) is 0 Å². The van der Waals surface area contributed by atoms with E-state index < -0.39 is 11.1 Å². The Morgan fingerprint density at radius 1 is 0.841 bits per heavy atom. The summed E-state index contributed by atoms with van der Waals surface area (Å²) in [4.78, 5) is 43.5. The third kappa shape index (κ3) is 6.25. The minimum Gasteiger partial charge on any atom is -0.484 e. The van der Waals surface area contributed by atoms with Crippen LogP contribution in [0.2, 0.25) is 0 Å². The highest BCUT2D eigenvalue weighted by Crippen LogP contribution is 2.42. The van der Waals surface area contributed by atoms with Crippen LogP contribution in [0.15, 0.2) is 103 Å². The molecular weight excluding hydrogens is 560 g/mol. The molecule has 224 valence electrons. The number of morpholine rings is 1. The van der Waals surface area contributed by atoms with Crippen LogP contribution in [0, 0.1) is 10.1 Å². The number of carbonyl (C=O) groups excluding carboxylic acids is 2. The Kier molecular flexibility index (Phi) is 8.51. The molecule has 0 aliphatic carbocycles. The molecule has 10 nitrogen and oxygen atoms in total. The van der Waals surface area contributed by atoms with E-state index in [4.69, 9.17) is 9.47 Å². The summed E-state index contributed by atoms with van der Waals surface area (Å²) < 4.78 is 11.2. The first-order valence-electron chi connectivity index (χ1n) is 14.5. The zero-order chi connectivity index (χ0) is 30.5. The summed E-state index contributed by atoms with van der Waals surface area (Å²) in [7, 11) is 0. The smallest absolute Gasteiger partial charge is 0.270 e. The Labute approximate surface area is 255 Å². The number of rotatable bonds is 9. The van der Waals surface area contributed by atoms with Crippen molar-refractivity contribution in [2.75, 3.05) is 37.8 Å². The highest BCUT2D eigenvalue weighted by Gasteiger charge is 2.39. The lowest BCUT2D eigenvalue weighted by molar-refractivity contribution is -0.384. The maximum Gasteiger partial charge on any atom is 0.270 e. The molecule has 2 amide bonds. The number of nitro groups is 1. The van der Waals surface area contributed by atoms with Crippen molar-refractivity contribution in [1.29, 1.82) is 0 Å². The lowest BCUT2D eigenvalue weighted by Crippen LogP contribution is -2.48. The number of nitro benzene ring substituents is 1. The van der Waals surface area contributed by atoms with Gasteiger partial charge in [-0.05, 0) is 34.9 Å². The number of amides is 2. The van der Waals surface area contributed by atoms with Crippen molar-refractivity contribution in [3.8, 4) is 5.75 Å². The molecular formula is C34H32N4O6. The normalized spacial score (nSPS) is 16.4. The van der Waals surface area contributed by atoms with Gasteiger partial charge in [-0.2, -0.15) is 0 Å². The summed E-state index contributed by atoms with van der Waals surface area (Å²) in [6.07, 6.45) is -0.527. The zero-order valence-corrected chi connectivity index (χ0v) is 24.1. The number of fused-ring (bicyclic) bond motifs is 1. The van der Waals surface area contributed by atoms with E-state index in [1.165, 1.54) is 12.1 Å². The topological polar surface area (TPSA) is 105 Å². The van der Waals surface area contributed by atoms with Crippen molar-refractivity contribution in [3.63, 3.8) is 0 Å². The van der Waals surface area contributed by atoms with Crippen LogP contribution < -0.4 is 9.64 Å². The van der Waals surface area contributed by atoms with Gasteiger partial charge in [0.15, 0.2) is 6.61 Å². The summed E-state index contributed by atoms with van der Waals surface area (Å²) in [5.41, 5.74) is 3.56. The van der Waals surface area contributed by atoms with Crippen molar-refractivity contribution in [1.82, 2.24) is 9.80 Å². The fraction of sp³-hybridized carbons (Fsp3) is 0.235. The number of hydrogen-bond acceptors (Lipinski definition) is 7. The summed E-state index contributed by atoms with van der Waals surface area (Å²) in [5.74, 6) is 0.153. The van der Waals surface area contributed by atoms with E-state index in [1.54, 1.807) is 28.0 Å². The first-order valence-corrected chi connectivity index (χ1v) is 14.5. The Morgan fingerprint density at radius 2 is 1.45 bits per heavy atom. The van der Waals surface area contributed by atoms with Gasteiger partial charge in [-0.1, -0.05) is 72.8 Å². The zero-order valence-electron chi connectivity index (χ0n) is 24.1. The average molecular weight is 593 g/mol. The molecule has 44 heavy (non-hydrogen) atoms. The number of ether oxygens (including phenoxy) is 2. The standard InChI is InChI=1S/C34H32N4O6/c39-32(35-17-19-43-20-18-35)24-44-29-14-11-27(12-15-29)33-36(22-25-7-3-1-4-8-25)31-16-13-28(38(41)42)21-30(31)34(40)37(33)23-26-9-5-2-6-10-26/h1-16,21,33H,17-20,22-24H2/t33-/m0/s1. The summed E-state index contributed by atoms with van der Waals surface area (Å²) >= 11 is 0. The Balaban J connectivity index is 1.36. The largest absolute Gasteiger partial charge is 0.484 e. The molecule has 6 rings (SSSR count). The molecule has 4 aromatic rings. The quantitative estimate of drug-likeness (QED) is 0.195. The van der Waals surface area contributed by atoms with Gasteiger partial charge < -0.3 is 24.2 Å². The Morgan fingerprint density at radius 3 is 2.07 bits per heavy atom. The summed E-state index contributed by atoms with van der Waals surface area (Å²) in [6.45, 7) is 2.83. The van der Waals surface area contributed by atoms with Crippen LogP contribution in [-0.4, -0.2) is 59.4 Å². The number of nitrogens with zero attached hydrogens (tertiary/aromatic N) is 4. The second-order valence-electron chi connectivity index (χ2n) is 10.7. The van der Waals surface area contributed by atoms with Crippen LogP contribution in [-0.2, 0) is 22.6 Å². The maximum atomic E-state index is 14.2. The number of carbonyl (C=O) groups is 2. The van der Waals surface area contributed by atoms with Crippen LogP contribution in [0.3, 0.4) is 0 Å². The van der Waals surface area contributed by atoms with Crippen LogP contribution in [0.1, 0.15) is 33.2 Å². The molecule has 0 N–H and O–H groups in total. The van der Waals surface area contributed by atoms with Crippen LogP contribution in [0.5, 0.6) is 5.75 Å². The SMILES string of the molecule is O=C(COc1ccc([C@@H]2N(Cc3ccccc3)C(=O)c3cc([N+](=O)[O-])ccc3N2Cc2ccccc2)cc1)N1CCOCC1. The van der Waals surface area contributed by atoms with Crippen molar-refractivity contribution >= 4 is 23.2 Å². The second-order valence-corrected chi connectivity index (χ2v) is 10.7. The molecule has 2 aliphatic rings. The van der Waals surface area contributed by atoms with Crippen molar-refractivity contribution in [3.05, 3.63) is 135 Å². The van der Waals surface area contributed by atoms with Gasteiger partial charge in [0.2, 0.25) is 0 Å². The lowest BCUT2D eigenvalue weighted by atomic mass is 9.98. The molecule has 0 radical (unpaired) electrons. The van der Waals surface area contributed by atoms with Gasteiger partial charge in [-0.15, -0.1) is 0 Å². The van der Waals surface area contributed by atoms with Crippen LogP contribution in [0.4, 0.5) is 11.4 Å². The highest BCUT2D eigenvalue weighted by molar-refractivity contribution is 6.02. The van der Waals surface area contributed by atoms with Gasteiger partial charge in [-0.3, -0.25) is 19.7 Å². The van der Waals surface area contributed by atoms with E-state index in [0.717, 1.165) is 16.7 Å². The average Bonchev–Trinajstić information content (AvgIpc) is 3.07. The molecule has 0 aromatic heterocycles. The minimum atomic E-state index is -0.527. The van der Waals surface area contributed by atoms with E-state index in [1.807, 2.05) is 72.8 Å². The van der Waals surface area contributed by atoms with E-state index >= 15 is 0 Å². The molecule has 1 fully saturated rings. The highest BCUT2D eigenvalue weighted by atomic mass is 16.6. The third-order valence-electron chi connectivity index (χ3n) is 7.88. The maximum absolute atomic E-state index is 14.2. The molecule has 0 bridgehead atoms. The predicted molar refractivity (Wildman–Crippen MR) is 164 cm³/mol. The second kappa shape index (κ2) is 13.0. The fourth-order valence-corrected chi connectivity index (χ4v) is 5.66. The van der Waals surface area contributed by atoms with Crippen molar-refractivity contribution in [2.45, 2.75) is 19.3 Å². The minimum absolute atomic E-state index is 0.0757.